The Morgan fingerprint density at radius 1 is 0.290 bits per heavy atom. The summed E-state index contributed by atoms with van der Waals surface area (Å²) in [6, 6.07) is 0. The first-order chi connectivity index (χ1) is 34.0. The predicted octanol–water partition coefficient (Wildman–Crippen LogP) is 20.0. The second kappa shape index (κ2) is 57.7. The molecule has 0 aromatic carbocycles. The van der Waals surface area contributed by atoms with Crippen LogP contribution < -0.4 is 0 Å². The number of allylic oxidation sites excluding steroid dienone is 10. The van der Waals surface area contributed by atoms with Crippen molar-refractivity contribution in [3.8, 4) is 0 Å². The van der Waals surface area contributed by atoms with Crippen LogP contribution in [0.25, 0.3) is 0 Å². The Hall–Kier alpha value is -2.89. The van der Waals surface area contributed by atoms with Gasteiger partial charge in [-0.05, 0) is 83.5 Å². The van der Waals surface area contributed by atoms with Crippen LogP contribution in [0.3, 0.4) is 0 Å². The summed E-state index contributed by atoms with van der Waals surface area (Å²) in [6.07, 6.45) is 72.2. The molecule has 0 N–H and O–H groups in total. The molecule has 0 aliphatic carbocycles. The molecule has 0 bridgehead atoms. The van der Waals surface area contributed by atoms with Crippen molar-refractivity contribution in [1.82, 2.24) is 0 Å². The second-order valence-corrected chi connectivity index (χ2v) is 19.9. The molecule has 400 valence electrons. The molecule has 0 fully saturated rings. The van der Waals surface area contributed by atoms with Crippen molar-refractivity contribution in [1.29, 1.82) is 0 Å². The van der Waals surface area contributed by atoms with Crippen molar-refractivity contribution in [3.63, 3.8) is 0 Å². The zero-order chi connectivity index (χ0) is 50.0. The summed E-state index contributed by atoms with van der Waals surface area (Å²) in [6.45, 7) is 6.60. The van der Waals surface area contributed by atoms with Crippen LogP contribution in [0, 0.1) is 0 Å². The molecular weight excluding hydrogens is 853 g/mol. The van der Waals surface area contributed by atoms with Crippen LogP contribution in [-0.4, -0.2) is 37.2 Å². The number of carbonyl (C=O) groups is 3. The quantitative estimate of drug-likeness (QED) is 0.0262. The summed E-state index contributed by atoms with van der Waals surface area (Å²) in [5.41, 5.74) is 0. The molecule has 0 aliphatic rings. The lowest BCUT2D eigenvalue weighted by Crippen LogP contribution is -2.30. The highest BCUT2D eigenvalue weighted by molar-refractivity contribution is 5.71. The highest BCUT2D eigenvalue weighted by Gasteiger charge is 2.19. The second-order valence-electron chi connectivity index (χ2n) is 19.9. The summed E-state index contributed by atoms with van der Waals surface area (Å²) in [5, 5.41) is 0. The van der Waals surface area contributed by atoms with Crippen LogP contribution >= 0.6 is 0 Å². The lowest BCUT2D eigenvalue weighted by atomic mass is 10.0. The largest absolute Gasteiger partial charge is 0.462 e. The lowest BCUT2D eigenvalue weighted by molar-refractivity contribution is -0.167. The summed E-state index contributed by atoms with van der Waals surface area (Å²) >= 11 is 0. The number of ether oxygens (including phenoxy) is 3. The molecule has 0 spiro atoms. The number of carbonyl (C=O) groups excluding carboxylic acids is 3. The summed E-state index contributed by atoms with van der Waals surface area (Å²) < 4.78 is 16.8. The third-order valence-electron chi connectivity index (χ3n) is 13.0. The van der Waals surface area contributed by atoms with Gasteiger partial charge >= 0.3 is 17.9 Å². The van der Waals surface area contributed by atoms with Gasteiger partial charge in [-0.3, -0.25) is 14.4 Å². The molecule has 0 rings (SSSR count). The smallest absolute Gasteiger partial charge is 0.306 e. The fourth-order valence-corrected chi connectivity index (χ4v) is 8.49. The van der Waals surface area contributed by atoms with E-state index in [9.17, 15) is 14.4 Å². The molecule has 0 saturated heterocycles. The van der Waals surface area contributed by atoms with Crippen molar-refractivity contribution in [2.24, 2.45) is 0 Å². The molecular formula is C63H112O6. The van der Waals surface area contributed by atoms with Crippen molar-refractivity contribution in [3.05, 3.63) is 60.8 Å². The fraction of sp³-hybridized carbons (Fsp3) is 0.794. The van der Waals surface area contributed by atoms with Crippen molar-refractivity contribution in [2.75, 3.05) is 13.2 Å². The first-order valence-corrected chi connectivity index (χ1v) is 29.8. The monoisotopic (exact) mass is 965 g/mol. The molecule has 0 aromatic heterocycles. The average Bonchev–Trinajstić information content (AvgIpc) is 3.35. The Balaban J connectivity index is 4.42. The molecule has 0 amide bonds. The van der Waals surface area contributed by atoms with Crippen LogP contribution in [0.2, 0.25) is 0 Å². The summed E-state index contributed by atoms with van der Waals surface area (Å²) in [4.78, 5) is 38.2. The van der Waals surface area contributed by atoms with Crippen LogP contribution in [0.5, 0.6) is 0 Å². The normalized spacial score (nSPS) is 12.4. The van der Waals surface area contributed by atoms with E-state index in [-0.39, 0.29) is 37.5 Å². The van der Waals surface area contributed by atoms with Gasteiger partial charge in [-0.1, -0.05) is 261 Å². The topological polar surface area (TPSA) is 78.9 Å². The van der Waals surface area contributed by atoms with Gasteiger partial charge in [-0.15, -0.1) is 0 Å². The lowest BCUT2D eigenvalue weighted by Gasteiger charge is -2.18. The number of unbranched alkanes of at least 4 members (excludes halogenated alkanes) is 33. The zero-order valence-corrected chi connectivity index (χ0v) is 45.8. The average molecular weight is 966 g/mol. The van der Waals surface area contributed by atoms with Gasteiger partial charge < -0.3 is 14.2 Å². The van der Waals surface area contributed by atoms with E-state index in [1.54, 1.807) is 0 Å². The maximum atomic E-state index is 12.8. The highest BCUT2D eigenvalue weighted by atomic mass is 16.6. The summed E-state index contributed by atoms with van der Waals surface area (Å²) in [5.74, 6) is -0.936. The van der Waals surface area contributed by atoms with E-state index in [0.717, 1.165) is 64.2 Å². The van der Waals surface area contributed by atoms with Gasteiger partial charge in [0.15, 0.2) is 6.10 Å². The van der Waals surface area contributed by atoms with Gasteiger partial charge in [0.2, 0.25) is 0 Å². The number of hydrogen-bond donors (Lipinski definition) is 0. The molecule has 1 atom stereocenters. The molecule has 6 nitrogen and oxygen atoms in total. The van der Waals surface area contributed by atoms with Crippen molar-refractivity contribution < 1.29 is 28.6 Å². The third kappa shape index (κ3) is 55.9. The Bertz CT molecular complexity index is 1250. The van der Waals surface area contributed by atoms with Crippen molar-refractivity contribution >= 4 is 17.9 Å². The van der Waals surface area contributed by atoms with E-state index in [2.05, 4.69) is 81.5 Å². The minimum Gasteiger partial charge on any atom is -0.462 e. The van der Waals surface area contributed by atoms with E-state index < -0.39 is 6.10 Å². The Kier molecular flexibility index (Phi) is 55.3. The van der Waals surface area contributed by atoms with E-state index >= 15 is 0 Å². The first-order valence-electron chi connectivity index (χ1n) is 29.8. The minimum absolute atomic E-state index is 0.0926. The number of rotatable bonds is 54. The van der Waals surface area contributed by atoms with Gasteiger partial charge in [0.1, 0.15) is 13.2 Å². The van der Waals surface area contributed by atoms with E-state index in [1.807, 2.05) is 0 Å². The van der Waals surface area contributed by atoms with Gasteiger partial charge in [-0.2, -0.15) is 0 Å². The van der Waals surface area contributed by atoms with Gasteiger partial charge in [0.05, 0.1) is 0 Å². The molecule has 0 unspecified atom stereocenters. The summed E-state index contributed by atoms with van der Waals surface area (Å²) in [7, 11) is 0. The highest BCUT2D eigenvalue weighted by Crippen LogP contribution is 2.16. The maximum Gasteiger partial charge on any atom is 0.306 e. The number of hydrogen-bond acceptors (Lipinski definition) is 6. The third-order valence-corrected chi connectivity index (χ3v) is 13.0. The minimum atomic E-state index is -0.801. The Morgan fingerprint density at radius 2 is 0.536 bits per heavy atom. The van der Waals surface area contributed by atoms with Crippen LogP contribution in [0.15, 0.2) is 60.8 Å². The van der Waals surface area contributed by atoms with Gasteiger partial charge in [0, 0.05) is 19.3 Å². The molecule has 0 aliphatic heterocycles. The van der Waals surface area contributed by atoms with Crippen LogP contribution in [0.4, 0.5) is 0 Å². The van der Waals surface area contributed by atoms with Crippen LogP contribution in [0.1, 0.15) is 303 Å². The molecule has 0 saturated carbocycles. The van der Waals surface area contributed by atoms with E-state index in [1.165, 1.54) is 193 Å². The van der Waals surface area contributed by atoms with E-state index in [0.29, 0.717) is 19.3 Å². The Morgan fingerprint density at radius 3 is 0.884 bits per heavy atom. The van der Waals surface area contributed by atoms with Crippen LogP contribution in [-0.2, 0) is 28.6 Å². The maximum absolute atomic E-state index is 12.8. The zero-order valence-electron chi connectivity index (χ0n) is 45.8. The molecule has 0 heterocycles. The molecule has 6 heteroatoms. The van der Waals surface area contributed by atoms with Gasteiger partial charge in [-0.25, -0.2) is 0 Å². The van der Waals surface area contributed by atoms with Crippen molar-refractivity contribution in [2.45, 2.75) is 309 Å². The molecule has 0 aromatic rings. The van der Waals surface area contributed by atoms with Gasteiger partial charge in [0.25, 0.3) is 0 Å². The number of esters is 3. The first kappa shape index (κ1) is 66.1. The van der Waals surface area contributed by atoms with E-state index in [4.69, 9.17) is 14.2 Å². The fourth-order valence-electron chi connectivity index (χ4n) is 8.49. The Labute approximate surface area is 428 Å². The molecule has 0 radical (unpaired) electrons. The SMILES string of the molecule is CCCCC/C=C\C/C=C\CCCCCCCCCCCC(=O)OC[C@H](COC(=O)CCCCCCCCCCCCCCCCC)OC(=O)CCC/C=C\C/C=C\C/C=C\CCCCCCCC. The molecule has 69 heavy (non-hydrogen) atoms. The standard InChI is InChI=1S/C63H112O6/c1-4-7-10-13-16-19-22-25-28-30-31-33-35-38-41-44-47-50-53-56-62(65)68-59-60(58-67-61(64)55-52-49-46-43-40-37-34-27-24-21-18-15-12-9-6-3)69-63(66)57-54-51-48-45-42-39-36-32-29-26-23-20-17-14-11-8-5-2/h16,19,25-26,28-29,36,39,45,48,60H,4-15,17-18,20-24,27,30-35,37-38,40-44,46-47,49-59H2,1-3H3/b19-16-,28-25-,29-26-,39-36-,48-45-/t60-/m0/s1. The predicted molar refractivity (Wildman–Crippen MR) is 298 cm³/mol.